The second-order valence-corrected chi connectivity index (χ2v) is 6.72. The van der Waals surface area contributed by atoms with Crippen molar-refractivity contribution in [3.8, 4) is 5.75 Å². The van der Waals surface area contributed by atoms with E-state index in [-0.39, 0.29) is 24.8 Å². The molecule has 5 nitrogen and oxygen atoms in total. The molecule has 1 atom stereocenters. The average Bonchev–Trinajstić information content (AvgIpc) is 3.07. The predicted molar refractivity (Wildman–Crippen MR) is 105 cm³/mol. The number of benzene rings is 1. The largest absolute Gasteiger partial charge is 0.508 e. The van der Waals surface area contributed by atoms with Gasteiger partial charge in [0, 0.05) is 39.1 Å². The first-order valence-electron chi connectivity index (χ1n) is 8.69. The Balaban J connectivity index is 0.00000156. The third-order valence-corrected chi connectivity index (χ3v) is 4.97. The molecule has 1 amide bonds. The molecule has 0 bridgehead atoms. The number of nitrogens with zero attached hydrogens (tertiary/aromatic N) is 2. The summed E-state index contributed by atoms with van der Waals surface area (Å²) in [4.78, 5) is 16.7. The third kappa shape index (κ3) is 6.66. The van der Waals surface area contributed by atoms with Crippen molar-refractivity contribution >= 4 is 30.7 Å². The number of hydrogen-bond acceptors (Lipinski definition) is 4. The lowest BCUT2D eigenvalue weighted by Gasteiger charge is -2.35. The quantitative estimate of drug-likeness (QED) is 0.810. The standard InChI is InChI=1S/C18H27N3O2.2ClH/c22-17-3-1-2-16(12-17)14-20-8-10-21(11-9-20)18(23)5-4-15-6-7-19-13-15;;/h1-3,12,15,19,22H,4-11,13-14H2;2*1H. The molecule has 1 aromatic carbocycles. The van der Waals surface area contributed by atoms with Crippen molar-refractivity contribution in [2.24, 2.45) is 5.92 Å². The lowest BCUT2D eigenvalue weighted by molar-refractivity contribution is -0.133. The number of carbonyl (C=O) groups is 1. The minimum absolute atomic E-state index is 0. The summed E-state index contributed by atoms with van der Waals surface area (Å²) in [6, 6.07) is 7.42. The molecule has 2 aliphatic rings. The molecule has 7 heteroatoms. The van der Waals surface area contributed by atoms with E-state index < -0.39 is 0 Å². The predicted octanol–water partition coefficient (Wildman–Crippen LogP) is 2.27. The van der Waals surface area contributed by atoms with Gasteiger partial charge in [0.05, 0.1) is 0 Å². The number of carbonyl (C=O) groups excluding carboxylic acids is 1. The van der Waals surface area contributed by atoms with Gasteiger partial charge < -0.3 is 15.3 Å². The SMILES string of the molecule is Cl.Cl.O=C(CCC1CCNC1)N1CCN(Cc2cccc(O)c2)CC1. The van der Waals surface area contributed by atoms with E-state index in [4.69, 9.17) is 0 Å². The van der Waals surface area contributed by atoms with E-state index in [0.717, 1.165) is 57.8 Å². The topological polar surface area (TPSA) is 55.8 Å². The molecule has 0 radical (unpaired) electrons. The van der Waals surface area contributed by atoms with E-state index in [1.54, 1.807) is 6.07 Å². The maximum absolute atomic E-state index is 12.3. The minimum atomic E-state index is 0. The summed E-state index contributed by atoms with van der Waals surface area (Å²) < 4.78 is 0. The molecule has 0 aromatic heterocycles. The Bertz CT molecular complexity index is 531. The number of rotatable bonds is 5. The fourth-order valence-corrected chi connectivity index (χ4v) is 3.51. The number of halogens is 2. The summed E-state index contributed by atoms with van der Waals surface area (Å²) in [7, 11) is 0. The summed E-state index contributed by atoms with van der Waals surface area (Å²) in [5.74, 6) is 1.32. The molecule has 0 saturated carbocycles. The highest BCUT2D eigenvalue weighted by atomic mass is 35.5. The van der Waals surface area contributed by atoms with Crippen LogP contribution in [-0.4, -0.2) is 60.1 Å². The second-order valence-electron chi connectivity index (χ2n) is 6.72. The summed E-state index contributed by atoms with van der Waals surface area (Å²) >= 11 is 0. The van der Waals surface area contributed by atoms with Crippen LogP contribution in [0.4, 0.5) is 0 Å². The minimum Gasteiger partial charge on any atom is -0.508 e. The Morgan fingerprint density at radius 1 is 1.20 bits per heavy atom. The lowest BCUT2D eigenvalue weighted by atomic mass is 10.0. The van der Waals surface area contributed by atoms with Gasteiger partial charge in [0.15, 0.2) is 0 Å². The summed E-state index contributed by atoms with van der Waals surface area (Å²) in [5.41, 5.74) is 1.12. The average molecular weight is 390 g/mol. The second kappa shape index (κ2) is 10.9. The van der Waals surface area contributed by atoms with Crippen molar-refractivity contribution in [2.45, 2.75) is 25.8 Å². The number of phenols is 1. The lowest BCUT2D eigenvalue weighted by Crippen LogP contribution is -2.48. The Hall–Kier alpha value is -1.01. The molecule has 25 heavy (non-hydrogen) atoms. The van der Waals surface area contributed by atoms with E-state index >= 15 is 0 Å². The molecule has 2 fully saturated rings. The first-order chi connectivity index (χ1) is 11.2. The zero-order valence-electron chi connectivity index (χ0n) is 14.5. The van der Waals surface area contributed by atoms with Crippen molar-refractivity contribution in [1.82, 2.24) is 15.1 Å². The van der Waals surface area contributed by atoms with Gasteiger partial charge >= 0.3 is 0 Å². The highest BCUT2D eigenvalue weighted by Gasteiger charge is 2.22. The highest BCUT2D eigenvalue weighted by molar-refractivity contribution is 5.85. The number of nitrogens with one attached hydrogen (secondary N) is 1. The van der Waals surface area contributed by atoms with Gasteiger partial charge in [-0.25, -0.2) is 0 Å². The molecule has 0 aliphatic carbocycles. The van der Waals surface area contributed by atoms with Crippen molar-refractivity contribution in [1.29, 1.82) is 0 Å². The van der Waals surface area contributed by atoms with Crippen LogP contribution < -0.4 is 5.32 Å². The van der Waals surface area contributed by atoms with Crippen LogP contribution >= 0.6 is 24.8 Å². The van der Waals surface area contributed by atoms with Gasteiger partial charge in [0.1, 0.15) is 5.75 Å². The van der Waals surface area contributed by atoms with Gasteiger partial charge in [-0.1, -0.05) is 12.1 Å². The van der Waals surface area contributed by atoms with Crippen molar-refractivity contribution in [2.75, 3.05) is 39.3 Å². The molecular weight excluding hydrogens is 361 g/mol. The van der Waals surface area contributed by atoms with Gasteiger partial charge in [0.25, 0.3) is 0 Å². The maximum atomic E-state index is 12.3. The van der Waals surface area contributed by atoms with Gasteiger partial charge in [-0.05, 0) is 49.5 Å². The number of aromatic hydroxyl groups is 1. The molecule has 2 N–H and O–H groups in total. The van der Waals surface area contributed by atoms with E-state index in [1.807, 2.05) is 23.1 Å². The van der Waals surface area contributed by atoms with Crippen molar-refractivity contribution < 1.29 is 9.90 Å². The van der Waals surface area contributed by atoms with Gasteiger partial charge in [0.2, 0.25) is 5.91 Å². The Morgan fingerprint density at radius 3 is 2.60 bits per heavy atom. The molecule has 1 unspecified atom stereocenters. The van der Waals surface area contributed by atoms with Crippen molar-refractivity contribution in [3.05, 3.63) is 29.8 Å². The maximum Gasteiger partial charge on any atom is 0.222 e. The number of piperazine rings is 1. The molecule has 2 aliphatic heterocycles. The number of amides is 1. The zero-order valence-corrected chi connectivity index (χ0v) is 16.2. The van der Waals surface area contributed by atoms with Crippen LogP contribution in [0.25, 0.3) is 0 Å². The van der Waals surface area contributed by atoms with E-state index in [1.165, 1.54) is 6.42 Å². The van der Waals surface area contributed by atoms with Crippen LogP contribution in [0, 0.1) is 5.92 Å². The Morgan fingerprint density at radius 2 is 1.96 bits per heavy atom. The van der Waals surface area contributed by atoms with E-state index in [9.17, 15) is 9.90 Å². The van der Waals surface area contributed by atoms with Crippen LogP contribution in [0.3, 0.4) is 0 Å². The Labute approximate surface area is 162 Å². The van der Waals surface area contributed by atoms with Gasteiger partial charge in [-0.3, -0.25) is 9.69 Å². The van der Waals surface area contributed by atoms with Crippen LogP contribution in [0.1, 0.15) is 24.8 Å². The molecular formula is C18H29Cl2N3O2. The molecule has 2 heterocycles. The van der Waals surface area contributed by atoms with Crippen LogP contribution in [0.15, 0.2) is 24.3 Å². The van der Waals surface area contributed by atoms with Crippen molar-refractivity contribution in [3.63, 3.8) is 0 Å². The van der Waals surface area contributed by atoms with Crippen LogP contribution in [-0.2, 0) is 11.3 Å². The fraction of sp³-hybridized carbons (Fsp3) is 0.611. The fourth-order valence-electron chi connectivity index (χ4n) is 3.51. The summed E-state index contributed by atoms with van der Waals surface area (Å²) in [6.07, 6.45) is 2.93. The third-order valence-electron chi connectivity index (χ3n) is 4.97. The normalized spacial score (nSPS) is 20.6. The monoisotopic (exact) mass is 389 g/mol. The summed E-state index contributed by atoms with van der Waals surface area (Å²) in [6.45, 7) is 6.47. The van der Waals surface area contributed by atoms with Gasteiger partial charge in [-0.15, -0.1) is 24.8 Å². The molecule has 1 aromatic rings. The van der Waals surface area contributed by atoms with Crippen LogP contribution in [0.5, 0.6) is 5.75 Å². The molecule has 2 saturated heterocycles. The molecule has 142 valence electrons. The molecule has 3 rings (SSSR count). The summed E-state index contributed by atoms with van der Waals surface area (Å²) in [5, 5.41) is 12.9. The first-order valence-corrected chi connectivity index (χ1v) is 8.69. The van der Waals surface area contributed by atoms with E-state index in [0.29, 0.717) is 24.0 Å². The first kappa shape index (κ1) is 22.0. The number of phenolic OH excluding ortho intramolecular Hbond substituents is 1. The van der Waals surface area contributed by atoms with E-state index in [2.05, 4.69) is 10.2 Å². The Kier molecular flexibility index (Phi) is 9.57. The van der Waals surface area contributed by atoms with Gasteiger partial charge in [-0.2, -0.15) is 0 Å². The number of hydrogen-bond donors (Lipinski definition) is 2. The smallest absolute Gasteiger partial charge is 0.222 e. The molecule has 0 spiro atoms. The zero-order chi connectivity index (χ0) is 16.1. The van der Waals surface area contributed by atoms with Crippen LogP contribution in [0.2, 0.25) is 0 Å². The highest BCUT2D eigenvalue weighted by Crippen LogP contribution is 2.17.